The standard InChI is InChI=1S/C20H20ClN3O3/c1-23-19(20(22)25)9-13-5-7-16(8-6-13)26-12-17-11-18(24-27-17)14-3-2-4-15(21)10-14/h2-8,10-11,19,23H,9,12H2,1H3,(H2,22,25). The predicted molar refractivity (Wildman–Crippen MR) is 103 cm³/mol. The molecule has 0 spiro atoms. The average Bonchev–Trinajstić information content (AvgIpc) is 3.14. The van der Waals surface area contributed by atoms with Crippen LogP contribution >= 0.6 is 11.6 Å². The minimum atomic E-state index is -0.393. The molecule has 0 radical (unpaired) electrons. The van der Waals surface area contributed by atoms with Crippen LogP contribution in [0.5, 0.6) is 5.75 Å². The molecular weight excluding hydrogens is 366 g/mol. The summed E-state index contributed by atoms with van der Waals surface area (Å²) < 4.78 is 11.1. The van der Waals surface area contributed by atoms with E-state index in [9.17, 15) is 4.79 Å². The van der Waals surface area contributed by atoms with Crippen molar-refractivity contribution in [2.24, 2.45) is 5.73 Å². The fourth-order valence-electron chi connectivity index (χ4n) is 2.62. The quantitative estimate of drug-likeness (QED) is 0.621. The number of carbonyl (C=O) groups excluding carboxylic acids is 1. The third kappa shape index (κ3) is 5.09. The van der Waals surface area contributed by atoms with Crippen LogP contribution in [-0.2, 0) is 17.8 Å². The van der Waals surface area contributed by atoms with Gasteiger partial charge in [0.15, 0.2) is 5.76 Å². The SMILES string of the molecule is CNC(Cc1ccc(OCc2cc(-c3cccc(Cl)c3)no2)cc1)C(N)=O. The van der Waals surface area contributed by atoms with Gasteiger partial charge in [0.05, 0.1) is 6.04 Å². The number of primary amides is 1. The van der Waals surface area contributed by atoms with Crippen molar-refractivity contribution in [1.82, 2.24) is 10.5 Å². The molecule has 0 saturated heterocycles. The van der Waals surface area contributed by atoms with Crippen molar-refractivity contribution in [3.63, 3.8) is 0 Å². The van der Waals surface area contributed by atoms with Crippen molar-refractivity contribution in [3.8, 4) is 17.0 Å². The van der Waals surface area contributed by atoms with Gasteiger partial charge in [-0.2, -0.15) is 0 Å². The Kier molecular flexibility index (Phi) is 6.11. The van der Waals surface area contributed by atoms with Crippen molar-refractivity contribution in [2.45, 2.75) is 19.1 Å². The van der Waals surface area contributed by atoms with Crippen LogP contribution in [0.2, 0.25) is 5.02 Å². The van der Waals surface area contributed by atoms with Gasteiger partial charge in [-0.25, -0.2) is 0 Å². The van der Waals surface area contributed by atoms with Crippen LogP contribution in [-0.4, -0.2) is 24.2 Å². The molecule has 1 amide bonds. The Morgan fingerprint density at radius 2 is 2.04 bits per heavy atom. The van der Waals surface area contributed by atoms with E-state index in [1.165, 1.54) is 0 Å². The van der Waals surface area contributed by atoms with E-state index in [-0.39, 0.29) is 12.5 Å². The Hall–Kier alpha value is -2.83. The average molecular weight is 386 g/mol. The zero-order chi connectivity index (χ0) is 19.2. The van der Waals surface area contributed by atoms with E-state index in [1.54, 1.807) is 13.1 Å². The van der Waals surface area contributed by atoms with E-state index in [0.717, 1.165) is 11.1 Å². The number of likely N-dealkylation sites (N-methyl/N-ethyl adjacent to an activating group) is 1. The highest BCUT2D eigenvalue weighted by Gasteiger charge is 2.13. The highest BCUT2D eigenvalue weighted by molar-refractivity contribution is 6.30. The number of hydrogen-bond donors (Lipinski definition) is 2. The third-order valence-electron chi connectivity index (χ3n) is 4.12. The molecule has 7 heteroatoms. The molecule has 1 heterocycles. The summed E-state index contributed by atoms with van der Waals surface area (Å²) in [6.45, 7) is 0.257. The summed E-state index contributed by atoms with van der Waals surface area (Å²) in [5.41, 5.74) is 7.92. The van der Waals surface area contributed by atoms with Gasteiger partial charge in [-0.1, -0.05) is 41.0 Å². The maximum absolute atomic E-state index is 11.3. The van der Waals surface area contributed by atoms with Crippen molar-refractivity contribution in [3.05, 3.63) is 70.9 Å². The highest BCUT2D eigenvalue weighted by Crippen LogP contribution is 2.23. The molecular formula is C20H20ClN3O3. The number of ether oxygens (including phenoxy) is 1. The Labute approximate surface area is 162 Å². The summed E-state index contributed by atoms with van der Waals surface area (Å²) >= 11 is 6.00. The second kappa shape index (κ2) is 8.70. The van der Waals surface area contributed by atoms with E-state index in [2.05, 4.69) is 10.5 Å². The summed E-state index contributed by atoms with van der Waals surface area (Å²) in [5, 5.41) is 7.59. The summed E-state index contributed by atoms with van der Waals surface area (Å²) in [4.78, 5) is 11.3. The van der Waals surface area contributed by atoms with E-state index in [1.807, 2.05) is 48.5 Å². The molecule has 3 N–H and O–H groups in total. The number of rotatable bonds is 8. The van der Waals surface area contributed by atoms with Crippen LogP contribution in [0, 0.1) is 0 Å². The minimum Gasteiger partial charge on any atom is -0.486 e. The number of carbonyl (C=O) groups is 1. The number of nitrogens with zero attached hydrogens (tertiary/aromatic N) is 1. The van der Waals surface area contributed by atoms with Gasteiger partial charge < -0.3 is 20.3 Å². The Morgan fingerprint density at radius 1 is 1.26 bits per heavy atom. The fraction of sp³-hybridized carbons (Fsp3) is 0.200. The lowest BCUT2D eigenvalue weighted by Crippen LogP contribution is -2.40. The van der Waals surface area contributed by atoms with Crippen LogP contribution < -0.4 is 15.8 Å². The topological polar surface area (TPSA) is 90.4 Å². The molecule has 1 unspecified atom stereocenters. The molecule has 3 rings (SSSR count). The number of benzene rings is 2. The first kappa shape index (κ1) is 18.9. The first-order valence-corrected chi connectivity index (χ1v) is 8.83. The molecule has 1 atom stereocenters. The van der Waals surface area contributed by atoms with Crippen LogP contribution in [0.4, 0.5) is 0 Å². The second-order valence-electron chi connectivity index (χ2n) is 6.07. The molecule has 6 nitrogen and oxygen atoms in total. The summed E-state index contributed by atoms with van der Waals surface area (Å²) in [7, 11) is 1.71. The summed E-state index contributed by atoms with van der Waals surface area (Å²) in [6, 6.07) is 16.3. The zero-order valence-electron chi connectivity index (χ0n) is 14.8. The molecule has 0 bridgehead atoms. The largest absolute Gasteiger partial charge is 0.486 e. The molecule has 0 aliphatic carbocycles. The van der Waals surface area contributed by atoms with Crippen LogP contribution in [0.15, 0.2) is 59.1 Å². The van der Waals surface area contributed by atoms with Gasteiger partial charge in [0.1, 0.15) is 18.1 Å². The number of hydrogen-bond acceptors (Lipinski definition) is 5. The maximum Gasteiger partial charge on any atom is 0.234 e. The van der Waals surface area contributed by atoms with Gasteiger partial charge in [-0.05, 0) is 43.3 Å². The van der Waals surface area contributed by atoms with E-state index >= 15 is 0 Å². The fourth-order valence-corrected chi connectivity index (χ4v) is 2.81. The molecule has 2 aromatic carbocycles. The molecule has 3 aromatic rings. The monoisotopic (exact) mass is 385 g/mol. The number of amides is 1. The molecule has 0 aliphatic rings. The van der Waals surface area contributed by atoms with E-state index in [4.69, 9.17) is 26.6 Å². The van der Waals surface area contributed by atoms with Crippen LogP contribution in [0.3, 0.4) is 0 Å². The van der Waals surface area contributed by atoms with Crippen LogP contribution in [0.1, 0.15) is 11.3 Å². The van der Waals surface area contributed by atoms with Gasteiger partial charge in [-0.3, -0.25) is 4.79 Å². The first-order valence-electron chi connectivity index (χ1n) is 8.45. The maximum atomic E-state index is 11.3. The van der Waals surface area contributed by atoms with Crippen molar-refractivity contribution in [1.29, 1.82) is 0 Å². The van der Waals surface area contributed by atoms with Crippen molar-refractivity contribution >= 4 is 17.5 Å². The van der Waals surface area contributed by atoms with Crippen molar-refractivity contribution in [2.75, 3.05) is 7.05 Å². The molecule has 0 aliphatic heterocycles. The molecule has 27 heavy (non-hydrogen) atoms. The van der Waals surface area contributed by atoms with Crippen molar-refractivity contribution < 1.29 is 14.1 Å². The van der Waals surface area contributed by atoms with Gasteiger partial charge in [0.2, 0.25) is 5.91 Å². The predicted octanol–water partition coefficient (Wildman–Crippen LogP) is 3.19. The smallest absolute Gasteiger partial charge is 0.234 e. The van der Waals surface area contributed by atoms with Gasteiger partial charge in [-0.15, -0.1) is 0 Å². The first-order chi connectivity index (χ1) is 13.0. The minimum absolute atomic E-state index is 0.257. The summed E-state index contributed by atoms with van der Waals surface area (Å²) in [5.74, 6) is 0.927. The highest BCUT2D eigenvalue weighted by atomic mass is 35.5. The second-order valence-corrected chi connectivity index (χ2v) is 6.51. The Morgan fingerprint density at radius 3 is 2.70 bits per heavy atom. The van der Waals surface area contributed by atoms with Gasteiger partial charge in [0, 0.05) is 16.7 Å². The molecule has 0 fully saturated rings. The lowest BCUT2D eigenvalue weighted by Gasteiger charge is -2.12. The van der Waals surface area contributed by atoms with Gasteiger partial charge >= 0.3 is 0 Å². The normalized spacial score (nSPS) is 11.9. The number of aromatic nitrogens is 1. The van der Waals surface area contributed by atoms with E-state index in [0.29, 0.717) is 28.6 Å². The summed E-state index contributed by atoms with van der Waals surface area (Å²) in [6.07, 6.45) is 0.525. The van der Waals surface area contributed by atoms with E-state index < -0.39 is 6.04 Å². The Bertz CT molecular complexity index is 909. The number of halogens is 1. The number of nitrogens with one attached hydrogen (secondary N) is 1. The molecule has 1 aromatic heterocycles. The van der Waals surface area contributed by atoms with Gasteiger partial charge in [0.25, 0.3) is 0 Å². The zero-order valence-corrected chi connectivity index (χ0v) is 15.6. The third-order valence-corrected chi connectivity index (χ3v) is 4.35. The lowest BCUT2D eigenvalue weighted by molar-refractivity contribution is -0.119. The van der Waals surface area contributed by atoms with Crippen LogP contribution in [0.25, 0.3) is 11.3 Å². The number of nitrogens with two attached hydrogens (primary N) is 1. The Balaban J connectivity index is 1.58. The molecule has 0 saturated carbocycles. The lowest BCUT2D eigenvalue weighted by atomic mass is 10.1. The molecule has 140 valence electrons.